The van der Waals surface area contributed by atoms with Gasteiger partial charge < -0.3 is 10.1 Å². The molecule has 0 saturated heterocycles. The molecular weight excluding hydrogens is 323 g/mol. The van der Waals surface area contributed by atoms with Crippen molar-refractivity contribution < 1.29 is 9.13 Å². The summed E-state index contributed by atoms with van der Waals surface area (Å²) in [5.74, 6) is 0.425. The van der Waals surface area contributed by atoms with E-state index in [9.17, 15) is 4.39 Å². The summed E-state index contributed by atoms with van der Waals surface area (Å²) < 4.78 is 19.6. The summed E-state index contributed by atoms with van der Waals surface area (Å²) in [4.78, 5) is 4.18. The lowest BCUT2D eigenvalue weighted by Gasteiger charge is -2.19. The molecule has 20 heavy (non-hydrogen) atoms. The molecule has 1 heterocycles. The molecule has 0 bridgehead atoms. The van der Waals surface area contributed by atoms with Crippen LogP contribution in [0.15, 0.2) is 41.1 Å². The number of aromatic nitrogens is 1. The Morgan fingerprint density at radius 1 is 1.40 bits per heavy atom. The zero-order valence-corrected chi connectivity index (χ0v) is 12.9. The largest absolute Gasteiger partial charge is 0.492 e. The van der Waals surface area contributed by atoms with Crippen LogP contribution in [-0.2, 0) is 0 Å². The van der Waals surface area contributed by atoms with Crippen molar-refractivity contribution in [2.75, 3.05) is 13.7 Å². The minimum atomic E-state index is -0.281. The Balaban J connectivity index is 2.41. The number of hydrogen-bond donors (Lipinski definition) is 1. The molecule has 0 amide bonds. The molecule has 0 fully saturated rings. The molecule has 2 rings (SSSR count). The predicted molar refractivity (Wildman–Crippen MR) is 80.4 cm³/mol. The fraction of sp³-hybridized carbons (Fsp3) is 0.267. The molecule has 0 aliphatic carbocycles. The van der Waals surface area contributed by atoms with Gasteiger partial charge in [-0.05, 0) is 53.2 Å². The van der Waals surface area contributed by atoms with Crippen molar-refractivity contribution in [2.45, 2.75) is 13.0 Å². The molecule has 1 unspecified atom stereocenters. The van der Waals surface area contributed by atoms with Gasteiger partial charge in [-0.15, -0.1) is 0 Å². The normalized spacial score (nSPS) is 12.2. The summed E-state index contributed by atoms with van der Waals surface area (Å²) in [6, 6.07) is 6.75. The molecule has 0 aliphatic heterocycles. The van der Waals surface area contributed by atoms with Gasteiger partial charge in [-0.1, -0.05) is 12.1 Å². The second-order valence-corrected chi connectivity index (χ2v) is 5.04. The standard InChI is InChI=1S/C15H16BrFN2O/c1-3-20-11-7-10(8-19-9-11)15(18-2)12-5-4-6-13(17)14(12)16/h4-9,15,18H,3H2,1-2H3. The van der Waals surface area contributed by atoms with Crippen LogP contribution in [0.5, 0.6) is 5.75 Å². The lowest BCUT2D eigenvalue weighted by molar-refractivity contribution is 0.338. The first-order valence-corrected chi connectivity index (χ1v) is 7.15. The predicted octanol–water partition coefficient (Wildman–Crippen LogP) is 3.69. The number of ether oxygens (including phenoxy) is 1. The van der Waals surface area contributed by atoms with Gasteiger partial charge in [0.2, 0.25) is 0 Å². The van der Waals surface area contributed by atoms with E-state index in [1.165, 1.54) is 6.07 Å². The molecule has 3 nitrogen and oxygen atoms in total. The number of pyridine rings is 1. The SMILES string of the molecule is CCOc1cncc(C(NC)c2cccc(F)c2Br)c1. The first-order chi connectivity index (χ1) is 9.67. The first-order valence-electron chi connectivity index (χ1n) is 6.36. The zero-order chi connectivity index (χ0) is 14.5. The van der Waals surface area contributed by atoms with Crippen LogP contribution in [0.1, 0.15) is 24.1 Å². The number of benzene rings is 1. The molecule has 1 aromatic carbocycles. The van der Waals surface area contributed by atoms with Crippen molar-refractivity contribution in [1.82, 2.24) is 10.3 Å². The van der Waals surface area contributed by atoms with Crippen LogP contribution in [0.3, 0.4) is 0 Å². The molecule has 106 valence electrons. The maximum absolute atomic E-state index is 13.7. The minimum absolute atomic E-state index is 0.159. The average Bonchev–Trinajstić information content (AvgIpc) is 2.45. The van der Waals surface area contributed by atoms with Gasteiger partial charge in [0.1, 0.15) is 11.6 Å². The number of hydrogen-bond acceptors (Lipinski definition) is 3. The molecule has 1 atom stereocenters. The van der Waals surface area contributed by atoms with E-state index in [4.69, 9.17) is 4.74 Å². The van der Waals surface area contributed by atoms with E-state index in [0.717, 1.165) is 11.1 Å². The molecule has 0 spiro atoms. The Labute approximate surface area is 126 Å². The average molecular weight is 339 g/mol. The van der Waals surface area contributed by atoms with Crippen molar-refractivity contribution in [3.05, 3.63) is 58.1 Å². The second kappa shape index (κ2) is 6.81. The highest BCUT2D eigenvalue weighted by Gasteiger charge is 2.17. The van der Waals surface area contributed by atoms with Crippen molar-refractivity contribution in [3.8, 4) is 5.75 Å². The van der Waals surface area contributed by atoms with Gasteiger partial charge >= 0.3 is 0 Å². The highest BCUT2D eigenvalue weighted by atomic mass is 79.9. The van der Waals surface area contributed by atoms with Crippen molar-refractivity contribution >= 4 is 15.9 Å². The minimum Gasteiger partial charge on any atom is -0.492 e. The van der Waals surface area contributed by atoms with E-state index < -0.39 is 0 Å². The highest BCUT2D eigenvalue weighted by Crippen LogP contribution is 2.31. The molecule has 0 aliphatic rings. The van der Waals surface area contributed by atoms with Gasteiger partial charge in [-0.2, -0.15) is 0 Å². The summed E-state index contributed by atoms with van der Waals surface area (Å²) in [5.41, 5.74) is 1.74. The van der Waals surface area contributed by atoms with Crippen molar-refractivity contribution in [2.24, 2.45) is 0 Å². The Kier molecular flexibility index (Phi) is 5.09. The topological polar surface area (TPSA) is 34.1 Å². The smallest absolute Gasteiger partial charge is 0.137 e. The number of nitrogens with zero attached hydrogens (tertiary/aromatic N) is 1. The lowest BCUT2D eigenvalue weighted by atomic mass is 10.00. The van der Waals surface area contributed by atoms with Gasteiger partial charge in [0.25, 0.3) is 0 Å². The fourth-order valence-electron chi connectivity index (χ4n) is 2.08. The third kappa shape index (κ3) is 3.16. The van der Waals surface area contributed by atoms with Gasteiger partial charge in [0, 0.05) is 6.20 Å². The van der Waals surface area contributed by atoms with E-state index in [2.05, 4.69) is 26.2 Å². The third-order valence-corrected chi connectivity index (χ3v) is 3.80. The Bertz CT molecular complexity index is 592. The van der Waals surface area contributed by atoms with E-state index in [1.807, 2.05) is 26.1 Å². The highest BCUT2D eigenvalue weighted by molar-refractivity contribution is 9.10. The third-order valence-electron chi connectivity index (χ3n) is 2.96. The molecule has 0 radical (unpaired) electrons. The lowest BCUT2D eigenvalue weighted by Crippen LogP contribution is -2.18. The van der Waals surface area contributed by atoms with Gasteiger partial charge in [0.15, 0.2) is 0 Å². The van der Waals surface area contributed by atoms with E-state index in [1.54, 1.807) is 18.5 Å². The molecule has 1 N–H and O–H groups in total. The van der Waals surface area contributed by atoms with E-state index in [0.29, 0.717) is 16.8 Å². The molecule has 1 aromatic heterocycles. The van der Waals surface area contributed by atoms with Crippen LogP contribution in [-0.4, -0.2) is 18.6 Å². The van der Waals surface area contributed by atoms with Crippen LogP contribution >= 0.6 is 15.9 Å². The monoisotopic (exact) mass is 338 g/mol. The molecule has 0 saturated carbocycles. The van der Waals surface area contributed by atoms with Crippen molar-refractivity contribution in [1.29, 1.82) is 0 Å². The second-order valence-electron chi connectivity index (χ2n) is 4.25. The maximum atomic E-state index is 13.7. The first kappa shape index (κ1) is 14.9. The van der Waals surface area contributed by atoms with Crippen LogP contribution in [0.4, 0.5) is 4.39 Å². The zero-order valence-electron chi connectivity index (χ0n) is 11.4. The number of halogens is 2. The Morgan fingerprint density at radius 2 is 2.20 bits per heavy atom. The van der Waals surface area contributed by atoms with Gasteiger partial charge in [0.05, 0.1) is 23.3 Å². The molecule has 5 heteroatoms. The van der Waals surface area contributed by atoms with Crippen LogP contribution in [0, 0.1) is 5.82 Å². The van der Waals surface area contributed by atoms with Crippen LogP contribution in [0.25, 0.3) is 0 Å². The fourth-order valence-corrected chi connectivity index (χ4v) is 2.58. The van der Waals surface area contributed by atoms with Gasteiger partial charge in [-0.25, -0.2) is 4.39 Å². The molecular formula is C15H16BrFN2O. The number of nitrogens with one attached hydrogen (secondary N) is 1. The van der Waals surface area contributed by atoms with Crippen LogP contribution in [0.2, 0.25) is 0 Å². The maximum Gasteiger partial charge on any atom is 0.137 e. The van der Waals surface area contributed by atoms with Crippen LogP contribution < -0.4 is 10.1 Å². The summed E-state index contributed by atoms with van der Waals surface area (Å²) in [7, 11) is 1.83. The summed E-state index contributed by atoms with van der Waals surface area (Å²) in [6.07, 6.45) is 3.42. The Morgan fingerprint density at radius 3 is 2.90 bits per heavy atom. The number of rotatable bonds is 5. The summed E-state index contributed by atoms with van der Waals surface area (Å²) in [6.45, 7) is 2.50. The molecule has 2 aromatic rings. The quantitative estimate of drug-likeness (QED) is 0.902. The van der Waals surface area contributed by atoms with Gasteiger partial charge in [-0.3, -0.25) is 4.98 Å². The Hall–Kier alpha value is -1.46. The van der Waals surface area contributed by atoms with E-state index in [-0.39, 0.29) is 11.9 Å². The van der Waals surface area contributed by atoms with Crippen molar-refractivity contribution in [3.63, 3.8) is 0 Å². The summed E-state index contributed by atoms with van der Waals surface area (Å²) >= 11 is 3.30. The van der Waals surface area contributed by atoms with E-state index >= 15 is 0 Å². The summed E-state index contributed by atoms with van der Waals surface area (Å²) in [5, 5.41) is 3.18.